The number of fused-ring (bicyclic) bond motifs is 1. The Morgan fingerprint density at radius 1 is 1.30 bits per heavy atom. The molecule has 0 aliphatic heterocycles. The van der Waals surface area contributed by atoms with Crippen LogP contribution in [0.25, 0.3) is 10.9 Å². The number of carbonyl (C=O) groups is 2. The van der Waals surface area contributed by atoms with E-state index in [0.717, 1.165) is 23.0 Å². The van der Waals surface area contributed by atoms with Crippen LogP contribution in [-0.2, 0) is 16.1 Å². The molecule has 2 aromatic rings. The SMILES string of the molecule is Cc1cn(CC(C)N)c2ccc(F)cc12.O=C(O)/C=C/C(=O)O. The number of nitrogens with two attached hydrogens (primary N) is 1. The van der Waals surface area contributed by atoms with Crippen molar-refractivity contribution in [2.24, 2.45) is 5.73 Å². The Balaban J connectivity index is 0.000000284. The molecule has 4 N–H and O–H groups in total. The van der Waals surface area contributed by atoms with Crippen LogP contribution in [0.3, 0.4) is 0 Å². The minimum Gasteiger partial charge on any atom is -0.478 e. The van der Waals surface area contributed by atoms with Gasteiger partial charge in [0.2, 0.25) is 0 Å². The summed E-state index contributed by atoms with van der Waals surface area (Å²) in [6, 6.07) is 4.96. The third-order valence-electron chi connectivity index (χ3n) is 2.90. The lowest BCUT2D eigenvalue weighted by atomic mass is 10.2. The van der Waals surface area contributed by atoms with E-state index in [1.165, 1.54) is 6.07 Å². The monoisotopic (exact) mass is 322 g/mol. The smallest absolute Gasteiger partial charge is 0.328 e. The molecule has 7 heteroatoms. The molecule has 23 heavy (non-hydrogen) atoms. The molecule has 0 spiro atoms. The zero-order valence-electron chi connectivity index (χ0n) is 12.9. The van der Waals surface area contributed by atoms with Crippen molar-refractivity contribution in [2.75, 3.05) is 0 Å². The van der Waals surface area contributed by atoms with Crippen molar-refractivity contribution in [3.63, 3.8) is 0 Å². The molecule has 0 bridgehead atoms. The Morgan fingerprint density at radius 3 is 2.35 bits per heavy atom. The highest BCUT2D eigenvalue weighted by Gasteiger charge is 2.07. The van der Waals surface area contributed by atoms with Crippen LogP contribution in [0.5, 0.6) is 0 Å². The van der Waals surface area contributed by atoms with Crippen molar-refractivity contribution in [3.8, 4) is 0 Å². The number of hydrogen-bond donors (Lipinski definition) is 3. The molecule has 0 aliphatic rings. The normalized spacial score (nSPS) is 12.0. The molecule has 6 nitrogen and oxygen atoms in total. The third kappa shape index (κ3) is 5.91. The zero-order chi connectivity index (χ0) is 17.6. The zero-order valence-corrected chi connectivity index (χ0v) is 12.9. The van der Waals surface area contributed by atoms with Crippen LogP contribution in [-0.4, -0.2) is 32.8 Å². The van der Waals surface area contributed by atoms with E-state index in [-0.39, 0.29) is 11.9 Å². The molecule has 1 unspecified atom stereocenters. The molecule has 1 aromatic heterocycles. The van der Waals surface area contributed by atoms with Crippen LogP contribution in [0, 0.1) is 12.7 Å². The molecule has 0 radical (unpaired) electrons. The van der Waals surface area contributed by atoms with Crippen LogP contribution >= 0.6 is 0 Å². The Hall–Kier alpha value is -2.67. The Labute approximate surface area is 132 Å². The van der Waals surface area contributed by atoms with Crippen molar-refractivity contribution < 1.29 is 24.2 Å². The highest BCUT2D eigenvalue weighted by atomic mass is 19.1. The van der Waals surface area contributed by atoms with Gasteiger partial charge in [-0.15, -0.1) is 0 Å². The number of aryl methyl sites for hydroxylation is 1. The number of hydrogen-bond acceptors (Lipinski definition) is 3. The van der Waals surface area contributed by atoms with Crippen LogP contribution < -0.4 is 5.73 Å². The highest BCUT2D eigenvalue weighted by Crippen LogP contribution is 2.21. The first-order chi connectivity index (χ1) is 10.7. The number of halogens is 1. The molecule has 0 saturated heterocycles. The van der Waals surface area contributed by atoms with Gasteiger partial charge < -0.3 is 20.5 Å². The summed E-state index contributed by atoms with van der Waals surface area (Å²) in [6.45, 7) is 4.71. The Kier molecular flexibility index (Phi) is 6.47. The van der Waals surface area contributed by atoms with Crippen molar-refractivity contribution >= 4 is 22.8 Å². The lowest BCUT2D eigenvalue weighted by Crippen LogP contribution is -2.21. The summed E-state index contributed by atoms with van der Waals surface area (Å²) in [5.74, 6) is -2.70. The van der Waals surface area contributed by atoms with Crippen molar-refractivity contribution in [1.82, 2.24) is 4.57 Å². The second kappa shape index (κ2) is 8.09. The first-order valence-corrected chi connectivity index (χ1v) is 6.85. The molecule has 1 aromatic carbocycles. The average molecular weight is 322 g/mol. The van der Waals surface area contributed by atoms with Gasteiger partial charge in [0.15, 0.2) is 0 Å². The highest BCUT2D eigenvalue weighted by molar-refractivity contribution is 5.89. The van der Waals surface area contributed by atoms with E-state index in [1.54, 1.807) is 12.1 Å². The molecular weight excluding hydrogens is 303 g/mol. The number of nitrogens with zero attached hydrogens (tertiary/aromatic N) is 1. The summed E-state index contributed by atoms with van der Waals surface area (Å²) in [5.41, 5.74) is 7.90. The maximum Gasteiger partial charge on any atom is 0.328 e. The van der Waals surface area contributed by atoms with Crippen LogP contribution in [0.1, 0.15) is 12.5 Å². The molecule has 1 atom stereocenters. The predicted molar refractivity (Wildman–Crippen MR) is 84.7 cm³/mol. The van der Waals surface area contributed by atoms with Gasteiger partial charge in [0.25, 0.3) is 0 Å². The van der Waals surface area contributed by atoms with Gasteiger partial charge in [-0.25, -0.2) is 14.0 Å². The number of carboxylic acid groups (broad SMARTS) is 2. The van der Waals surface area contributed by atoms with Gasteiger partial charge in [-0.05, 0) is 37.6 Å². The van der Waals surface area contributed by atoms with Gasteiger partial charge in [-0.3, -0.25) is 0 Å². The number of aromatic nitrogens is 1. The Bertz CT molecular complexity index is 719. The van der Waals surface area contributed by atoms with Gasteiger partial charge in [0.05, 0.1) is 0 Å². The minimum absolute atomic E-state index is 0.102. The second-order valence-corrected chi connectivity index (χ2v) is 5.11. The van der Waals surface area contributed by atoms with E-state index >= 15 is 0 Å². The number of benzene rings is 1. The summed E-state index contributed by atoms with van der Waals surface area (Å²) >= 11 is 0. The van der Waals surface area contributed by atoms with Gasteiger partial charge in [0.1, 0.15) is 5.82 Å². The third-order valence-corrected chi connectivity index (χ3v) is 2.90. The predicted octanol–water partition coefficient (Wildman–Crippen LogP) is 2.15. The lowest BCUT2D eigenvalue weighted by Gasteiger charge is -2.07. The molecule has 0 aliphatic carbocycles. The Morgan fingerprint density at radius 2 is 1.87 bits per heavy atom. The van der Waals surface area contributed by atoms with Crippen molar-refractivity contribution in [2.45, 2.75) is 26.4 Å². The molecule has 0 amide bonds. The average Bonchev–Trinajstić information content (AvgIpc) is 2.72. The van der Waals surface area contributed by atoms with Crippen LogP contribution in [0.2, 0.25) is 0 Å². The summed E-state index contributed by atoms with van der Waals surface area (Å²) in [7, 11) is 0. The fourth-order valence-corrected chi connectivity index (χ4v) is 2.05. The fourth-order valence-electron chi connectivity index (χ4n) is 2.05. The molecule has 124 valence electrons. The number of rotatable bonds is 4. The van der Waals surface area contributed by atoms with Crippen molar-refractivity contribution in [1.29, 1.82) is 0 Å². The molecule has 0 fully saturated rings. The van der Waals surface area contributed by atoms with Gasteiger partial charge in [-0.2, -0.15) is 0 Å². The maximum absolute atomic E-state index is 13.1. The topological polar surface area (TPSA) is 106 Å². The molecule has 0 saturated carbocycles. The minimum atomic E-state index is -1.26. The largest absolute Gasteiger partial charge is 0.478 e. The summed E-state index contributed by atoms with van der Waals surface area (Å²) in [4.78, 5) is 19.1. The molecule has 1 heterocycles. The van der Waals surface area contributed by atoms with E-state index in [2.05, 4.69) is 4.57 Å². The van der Waals surface area contributed by atoms with E-state index in [4.69, 9.17) is 15.9 Å². The standard InChI is InChI=1S/C12H15FN2.C4H4O4/c1-8-6-15(7-9(2)14)12-4-3-10(13)5-11(8)12;5-3(6)1-2-4(7)8/h3-6,9H,7,14H2,1-2H3;1-2H,(H,5,6)(H,7,8)/b;2-1+. The van der Waals surface area contributed by atoms with Crippen LogP contribution in [0.15, 0.2) is 36.5 Å². The van der Waals surface area contributed by atoms with Gasteiger partial charge in [-0.1, -0.05) is 0 Å². The summed E-state index contributed by atoms with van der Waals surface area (Å²) in [5, 5.41) is 16.6. The maximum atomic E-state index is 13.1. The second-order valence-electron chi connectivity index (χ2n) is 5.11. The first kappa shape index (κ1) is 18.4. The van der Waals surface area contributed by atoms with Gasteiger partial charge >= 0.3 is 11.9 Å². The first-order valence-electron chi connectivity index (χ1n) is 6.85. The summed E-state index contributed by atoms with van der Waals surface area (Å²) in [6.07, 6.45) is 3.14. The number of aliphatic carboxylic acids is 2. The quantitative estimate of drug-likeness (QED) is 0.748. The van der Waals surface area contributed by atoms with E-state index in [9.17, 15) is 14.0 Å². The van der Waals surface area contributed by atoms with E-state index < -0.39 is 11.9 Å². The van der Waals surface area contributed by atoms with E-state index in [1.807, 2.05) is 20.0 Å². The molecule has 2 rings (SSSR count). The summed E-state index contributed by atoms with van der Waals surface area (Å²) < 4.78 is 15.1. The van der Waals surface area contributed by atoms with Gasteiger partial charge in [0, 0.05) is 41.8 Å². The molecular formula is C16H19FN2O4. The van der Waals surface area contributed by atoms with Crippen LogP contribution in [0.4, 0.5) is 4.39 Å². The van der Waals surface area contributed by atoms with Crippen molar-refractivity contribution in [3.05, 3.63) is 47.9 Å². The van der Waals surface area contributed by atoms with E-state index in [0.29, 0.717) is 12.2 Å². The fraction of sp³-hybridized carbons (Fsp3) is 0.250. The lowest BCUT2D eigenvalue weighted by molar-refractivity contribution is -0.134. The number of carboxylic acids is 2.